The molecule has 0 unspecified atom stereocenters. The summed E-state index contributed by atoms with van der Waals surface area (Å²) < 4.78 is 0. The van der Waals surface area contributed by atoms with Crippen LogP contribution in [0, 0.1) is 13.8 Å². The van der Waals surface area contributed by atoms with E-state index in [-0.39, 0.29) is 5.91 Å². The van der Waals surface area contributed by atoms with Gasteiger partial charge in [0.2, 0.25) is 0 Å². The Hall–Kier alpha value is -2.47. The van der Waals surface area contributed by atoms with Crippen molar-refractivity contribution in [3.8, 4) is 0 Å². The van der Waals surface area contributed by atoms with Gasteiger partial charge in [0.25, 0.3) is 5.91 Å². The van der Waals surface area contributed by atoms with E-state index in [1.807, 2.05) is 32.9 Å². The molecule has 0 aromatic carbocycles. The lowest BCUT2D eigenvalue weighted by atomic mass is 10.1. The molecule has 4 N–H and O–H groups in total. The standard InChI is InChI=1S/C15H19N5O/c1-4-12-7-11(8-14(18-12)20-16)15(21)19-13-6-5-9(2)17-10(13)3/h5-8H,4,16H2,1-3H3,(H,18,20)(H,19,21). The van der Waals surface area contributed by atoms with Crippen LogP contribution in [0.4, 0.5) is 11.5 Å². The van der Waals surface area contributed by atoms with Crippen LogP contribution < -0.4 is 16.6 Å². The number of amides is 1. The zero-order valence-corrected chi connectivity index (χ0v) is 12.4. The molecule has 2 heterocycles. The summed E-state index contributed by atoms with van der Waals surface area (Å²) in [5.74, 6) is 5.64. The topological polar surface area (TPSA) is 92.9 Å². The monoisotopic (exact) mass is 285 g/mol. The number of nitrogens with one attached hydrogen (secondary N) is 2. The van der Waals surface area contributed by atoms with Gasteiger partial charge in [-0.05, 0) is 44.5 Å². The number of aromatic nitrogens is 2. The molecule has 0 aliphatic carbocycles. The number of aryl methyl sites for hydroxylation is 3. The Morgan fingerprint density at radius 2 is 2.00 bits per heavy atom. The number of anilines is 2. The molecule has 2 aromatic heterocycles. The van der Waals surface area contributed by atoms with Crippen LogP contribution >= 0.6 is 0 Å². The summed E-state index contributed by atoms with van der Waals surface area (Å²) in [4.78, 5) is 20.9. The number of pyridine rings is 2. The van der Waals surface area contributed by atoms with Gasteiger partial charge in [-0.1, -0.05) is 6.92 Å². The first-order chi connectivity index (χ1) is 10.0. The maximum Gasteiger partial charge on any atom is 0.255 e. The first-order valence-corrected chi connectivity index (χ1v) is 6.76. The molecule has 6 heteroatoms. The third-order valence-corrected chi connectivity index (χ3v) is 3.12. The molecule has 0 aliphatic heterocycles. The van der Waals surface area contributed by atoms with E-state index in [0.717, 1.165) is 23.5 Å². The van der Waals surface area contributed by atoms with Gasteiger partial charge in [0, 0.05) is 17.0 Å². The fourth-order valence-corrected chi connectivity index (χ4v) is 1.99. The molecule has 110 valence electrons. The number of nitrogens with two attached hydrogens (primary N) is 1. The Morgan fingerprint density at radius 1 is 1.24 bits per heavy atom. The van der Waals surface area contributed by atoms with Crippen molar-refractivity contribution in [2.24, 2.45) is 5.84 Å². The molecular formula is C15H19N5O. The molecule has 21 heavy (non-hydrogen) atoms. The van der Waals surface area contributed by atoms with Crippen LogP contribution in [-0.4, -0.2) is 15.9 Å². The largest absolute Gasteiger partial charge is 0.320 e. The molecule has 6 nitrogen and oxygen atoms in total. The second-order valence-corrected chi connectivity index (χ2v) is 4.77. The highest BCUT2D eigenvalue weighted by Crippen LogP contribution is 2.16. The maximum absolute atomic E-state index is 12.4. The second-order valence-electron chi connectivity index (χ2n) is 4.77. The molecular weight excluding hydrogens is 266 g/mol. The number of hydrogen-bond donors (Lipinski definition) is 3. The summed E-state index contributed by atoms with van der Waals surface area (Å²) in [5.41, 5.74) is 6.18. The highest BCUT2D eigenvalue weighted by Gasteiger charge is 2.11. The molecule has 1 amide bonds. The van der Waals surface area contributed by atoms with Crippen LogP contribution in [0.3, 0.4) is 0 Å². The normalized spacial score (nSPS) is 10.3. The second kappa shape index (κ2) is 6.32. The van der Waals surface area contributed by atoms with E-state index in [9.17, 15) is 4.79 Å². The highest BCUT2D eigenvalue weighted by atomic mass is 16.1. The quantitative estimate of drug-likeness (QED) is 0.591. The Balaban J connectivity index is 2.27. The van der Waals surface area contributed by atoms with Crippen LogP contribution in [0.1, 0.15) is 34.4 Å². The van der Waals surface area contributed by atoms with E-state index in [2.05, 4.69) is 20.7 Å². The van der Waals surface area contributed by atoms with Crippen molar-refractivity contribution in [1.82, 2.24) is 9.97 Å². The molecule has 0 fully saturated rings. The van der Waals surface area contributed by atoms with Crippen LogP contribution in [0.2, 0.25) is 0 Å². The van der Waals surface area contributed by atoms with Gasteiger partial charge in [-0.3, -0.25) is 9.78 Å². The smallest absolute Gasteiger partial charge is 0.255 e. The summed E-state index contributed by atoms with van der Waals surface area (Å²) >= 11 is 0. The number of nitrogen functional groups attached to an aromatic ring is 1. The van der Waals surface area contributed by atoms with E-state index < -0.39 is 0 Å². The van der Waals surface area contributed by atoms with Gasteiger partial charge in [0.05, 0.1) is 11.4 Å². The fraction of sp³-hybridized carbons (Fsp3) is 0.267. The van der Waals surface area contributed by atoms with Gasteiger partial charge < -0.3 is 10.7 Å². The minimum absolute atomic E-state index is 0.211. The minimum Gasteiger partial charge on any atom is -0.320 e. The van der Waals surface area contributed by atoms with Gasteiger partial charge in [-0.2, -0.15) is 0 Å². The predicted molar refractivity (Wildman–Crippen MR) is 83.1 cm³/mol. The van der Waals surface area contributed by atoms with Crippen molar-refractivity contribution in [3.05, 3.63) is 46.9 Å². The van der Waals surface area contributed by atoms with Gasteiger partial charge in [0.1, 0.15) is 5.82 Å². The summed E-state index contributed by atoms with van der Waals surface area (Å²) in [6.07, 6.45) is 0.723. The van der Waals surface area contributed by atoms with Crippen LogP contribution in [0.15, 0.2) is 24.3 Å². The lowest BCUT2D eigenvalue weighted by Gasteiger charge is -2.10. The molecule has 0 saturated heterocycles. The average Bonchev–Trinajstić information content (AvgIpc) is 2.49. The Kier molecular flexibility index (Phi) is 4.49. The molecule has 2 rings (SSSR count). The number of carbonyl (C=O) groups excluding carboxylic acids is 1. The number of nitrogens with zero attached hydrogens (tertiary/aromatic N) is 2. The third-order valence-electron chi connectivity index (χ3n) is 3.12. The summed E-state index contributed by atoms with van der Waals surface area (Å²) in [7, 11) is 0. The van der Waals surface area contributed by atoms with Crippen molar-refractivity contribution in [3.63, 3.8) is 0 Å². The van der Waals surface area contributed by atoms with E-state index in [1.165, 1.54) is 0 Å². The predicted octanol–water partition coefficient (Wildman–Crippen LogP) is 2.19. The number of carbonyl (C=O) groups is 1. The minimum atomic E-state index is -0.211. The van der Waals surface area contributed by atoms with Crippen molar-refractivity contribution in [2.75, 3.05) is 10.7 Å². The zero-order valence-electron chi connectivity index (χ0n) is 12.4. The van der Waals surface area contributed by atoms with Crippen molar-refractivity contribution in [1.29, 1.82) is 0 Å². The summed E-state index contributed by atoms with van der Waals surface area (Å²) in [5, 5.41) is 2.86. The Bertz CT molecular complexity index is 647. The van der Waals surface area contributed by atoms with Crippen LogP contribution in [-0.2, 0) is 6.42 Å². The molecule has 0 bridgehead atoms. The molecule has 0 saturated carbocycles. The SMILES string of the molecule is CCc1cc(C(=O)Nc2ccc(C)nc2C)cc(NN)n1. The fourth-order valence-electron chi connectivity index (χ4n) is 1.99. The third kappa shape index (κ3) is 3.55. The first-order valence-electron chi connectivity index (χ1n) is 6.76. The van der Waals surface area contributed by atoms with Gasteiger partial charge in [0.15, 0.2) is 0 Å². The first kappa shape index (κ1) is 14.9. The van der Waals surface area contributed by atoms with E-state index in [4.69, 9.17) is 5.84 Å². The zero-order chi connectivity index (χ0) is 15.4. The van der Waals surface area contributed by atoms with Gasteiger partial charge in [-0.25, -0.2) is 10.8 Å². The average molecular weight is 285 g/mol. The maximum atomic E-state index is 12.4. The molecule has 2 aromatic rings. The van der Waals surface area contributed by atoms with Crippen molar-refractivity contribution >= 4 is 17.4 Å². The van der Waals surface area contributed by atoms with Gasteiger partial charge in [-0.15, -0.1) is 0 Å². The van der Waals surface area contributed by atoms with E-state index >= 15 is 0 Å². The number of hydrogen-bond acceptors (Lipinski definition) is 5. The number of rotatable bonds is 4. The Morgan fingerprint density at radius 3 is 2.62 bits per heavy atom. The Labute approximate surface area is 123 Å². The molecule has 0 radical (unpaired) electrons. The molecule has 0 aliphatic rings. The highest BCUT2D eigenvalue weighted by molar-refractivity contribution is 6.05. The summed E-state index contributed by atoms with van der Waals surface area (Å²) in [6.45, 7) is 5.74. The van der Waals surface area contributed by atoms with Crippen molar-refractivity contribution in [2.45, 2.75) is 27.2 Å². The summed E-state index contributed by atoms with van der Waals surface area (Å²) in [6, 6.07) is 7.08. The van der Waals surface area contributed by atoms with Crippen LogP contribution in [0.5, 0.6) is 0 Å². The molecule has 0 spiro atoms. The van der Waals surface area contributed by atoms with Crippen molar-refractivity contribution < 1.29 is 4.79 Å². The van der Waals surface area contributed by atoms with E-state index in [1.54, 1.807) is 12.1 Å². The van der Waals surface area contributed by atoms with Gasteiger partial charge >= 0.3 is 0 Å². The lowest BCUT2D eigenvalue weighted by molar-refractivity contribution is 0.102. The lowest BCUT2D eigenvalue weighted by Crippen LogP contribution is -2.16. The van der Waals surface area contributed by atoms with Crippen LogP contribution in [0.25, 0.3) is 0 Å². The number of hydrazine groups is 1. The molecule has 0 atom stereocenters. The van der Waals surface area contributed by atoms with E-state index in [0.29, 0.717) is 17.1 Å².